The van der Waals surface area contributed by atoms with Crippen molar-refractivity contribution in [3.63, 3.8) is 0 Å². The SMILES string of the molecule is O=CCC1CCC(CCN2CCN(c3nccc4c3OCC4)CC2)CC1. The minimum Gasteiger partial charge on any atom is -0.489 e. The molecule has 0 atom stereocenters. The zero-order valence-corrected chi connectivity index (χ0v) is 15.7. The molecule has 5 heteroatoms. The summed E-state index contributed by atoms with van der Waals surface area (Å²) >= 11 is 0. The Morgan fingerprint density at radius 3 is 2.65 bits per heavy atom. The molecule has 3 aliphatic rings. The van der Waals surface area contributed by atoms with Gasteiger partial charge in [-0.25, -0.2) is 4.98 Å². The lowest BCUT2D eigenvalue weighted by molar-refractivity contribution is -0.108. The Bertz CT molecular complexity index is 605. The van der Waals surface area contributed by atoms with Crippen molar-refractivity contribution >= 4 is 12.1 Å². The van der Waals surface area contributed by atoms with E-state index in [1.165, 1.54) is 44.2 Å². The number of piperazine rings is 1. The Hall–Kier alpha value is -1.62. The van der Waals surface area contributed by atoms with Crippen molar-refractivity contribution in [2.45, 2.75) is 44.9 Å². The Kier molecular flexibility index (Phi) is 5.73. The first-order chi connectivity index (χ1) is 12.8. The van der Waals surface area contributed by atoms with E-state index in [1.54, 1.807) is 0 Å². The van der Waals surface area contributed by atoms with Crippen LogP contribution in [0.3, 0.4) is 0 Å². The minimum atomic E-state index is 0.662. The van der Waals surface area contributed by atoms with Gasteiger partial charge in [-0.05, 0) is 43.7 Å². The number of aromatic nitrogens is 1. The van der Waals surface area contributed by atoms with Crippen LogP contribution in [0, 0.1) is 11.8 Å². The van der Waals surface area contributed by atoms with E-state index in [4.69, 9.17) is 4.74 Å². The smallest absolute Gasteiger partial charge is 0.171 e. The van der Waals surface area contributed by atoms with Crippen molar-refractivity contribution in [2.75, 3.05) is 44.2 Å². The van der Waals surface area contributed by atoms with Crippen molar-refractivity contribution in [2.24, 2.45) is 11.8 Å². The van der Waals surface area contributed by atoms with Gasteiger partial charge in [-0.1, -0.05) is 12.8 Å². The molecule has 4 rings (SSSR count). The Balaban J connectivity index is 1.21. The molecule has 1 aromatic heterocycles. The summed E-state index contributed by atoms with van der Waals surface area (Å²) in [6.07, 6.45) is 11.3. The van der Waals surface area contributed by atoms with E-state index >= 15 is 0 Å². The van der Waals surface area contributed by atoms with Crippen LogP contribution in [0.15, 0.2) is 12.3 Å². The van der Waals surface area contributed by atoms with E-state index in [0.29, 0.717) is 5.92 Å². The lowest BCUT2D eigenvalue weighted by Crippen LogP contribution is -2.47. The second-order valence-corrected chi connectivity index (χ2v) is 8.13. The highest BCUT2D eigenvalue weighted by Gasteiger charge is 2.26. The van der Waals surface area contributed by atoms with Gasteiger partial charge in [0.2, 0.25) is 0 Å². The standard InChI is InChI=1S/C21H31N3O2/c25-15-7-18-3-1-17(2-4-18)6-10-23-11-13-24(14-12-23)21-20-19(5-9-22-21)8-16-26-20/h5,9,15,17-18H,1-4,6-8,10-14,16H2. The number of carbonyl (C=O) groups is 1. The molecule has 0 spiro atoms. The average Bonchev–Trinajstić information content (AvgIpc) is 3.17. The predicted molar refractivity (Wildman–Crippen MR) is 103 cm³/mol. The highest BCUT2D eigenvalue weighted by molar-refractivity contribution is 5.58. The molecule has 0 amide bonds. The van der Waals surface area contributed by atoms with Gasteiger partial charge in [0.1, 0.15) is 6.29 Å². The first-order valence-electron chi connectivity index (χ1n) is 10.3. The maximum Gasteiger partial charge on any atom is 0.171 e. The van der Waals surface area contributed by atoms with Crippen LogP contribution >= 0.6 is 0 Å². The fraction of sp³-hybridized carbons (Fsp3) is 0.714. The highest BCUT2D eigenvalue weighted by Crippen LogP contribution is 2.35. The topological polar surface area (TPSA) is 45.7 Å². The van der Waals surface area contributed by atoms with E-state index < -0.39 is 0 Å². The normalized spacial score (nSPS) is 26.4. The molecule has 0 bridgehead atoms. The maximum atomic E-state index is 10.7. The summed E-state index contributed by atoms with van der Waals surface area (Å²) in [6, 6.07) is 2.09. The lowest BCUT2D eigenvalue weighted by Gasteiger charge is -2.37. The number of hydrogen-bond acceptors (Lipinski definition) is 5. The Labute approximate surface area is 156 Å². The molecule has 1 aliphatic carbocycles. The molecule has 0 aromatic carbocycles. The van der Waals surface area contributed by atoms with E-state index in [0.717, 1.165) is 69.4 Å². The van der Waals surface area contributed by atoms with E-state index in [2.05, 4.69) is 20.9 Å². The number of fused-ring (bicyclic) bond motifs is 1. The lowest BCUT2D eigenvalue weighted by atomic mass is 9.79. The van der Waals surface area contributed by atoms with Crippen LogP contribution in [-0.4, -0.2) is 55.5 Å². The summed E-state index contributed by atoms with van der Waals surface area (Å²) < 4.78 is 5.82. The van der Waals surface area contributed by atoms with Gasteiger partial charge >= 0.3 is 0 Å². The van der Waals surface area contributed by atoms with Crippen molar-refractivity contribution < 1.29 is 9.53 Å². The predicted octanol–water partition coefficient (Wildman–Crippen LogP) is 2.92. The molecule has 0 radical (unpaired) electrons. The quantitative estimate of drug-likeness (QED) is 0.733. The summed E-state index contributed by atoms with van der Waals surface area (Å²) in [7, 11) is 0. The number of nitrogens with zero attached hydrogens (tertiary/aromatic N) is 3. The molecule has 0 N–H and O–H groups in total. The van der Waals surface area contributed by atoms with Crippen molar-refractivity contribution in [1.82, 2.24) is 9.88 Å². The van der Waals surface area contributed by atoms with Gasteiger partial charge in [-0.15, -0.1) is 0 Å². The van der Waals surface area contributed by atoms with Crippen molar-refractivity contribution in [3.05, 3.63) is 17.8 Å². The van der Waals surface area contributed by atoms with Gasteiger partial charge in [0.15, 0.2) is 11.6 Å². The number of carbonyl (C=O) groups excluding carboxylic acids is 1. The van der Waals surface area contributed by atoms with Crippen LogP contribution in [0.1, 0.15) is 44.1 Å². The number of rotatable bonds is 6. The summed E-state index contributed by atoms with van der Waals surface area (Å²) in [4.78, 5) is 20.3. The van der Waals surface area contributed by atoms with Crippen LogP contribution in [0.2, 0.25) is 0 Å². The van der Waals surface area contributed by atoms with E-state index in [9.17, 15) is 4.79 Å². The van der Waals surface area contributed by atoms with Gasteiger partial charge in [0.25, 0.3) is 0 Å². The second kappa shape index (κ2) is 8.38. The maximum absolute atomic E-state index is 10.7. The molecule has 26 heavy (non-hydrogen) atoms. The van der Waals surface area contributed by atoms with Crippen molar-refractivity contribution in [3.8, 4) is 5.75 Å². The minimum absolute atomic E-state index is 0.662. The number of aldehydes is 1. The average molecular weight is 357 g/mol. The summed E-state index contributed by atoms with van der Waals surface area (Å²) in [5.74, 6) is 3.60. The van der Waals surface area contributed by atoms with Crippen LogP contribution < -0.4 is 9.64 Å². The zero-order valence-electron chi connectivity index (χ0n) is 15.7. The van der Waals surface area contributed by atoms with E-state index in [1.807, 2.05) is 6.20 Å². The highest BCUT2D eigenvalue weighted by atomic mass is 16.5. The Morgan fingerprint density at radius 1 is 1.12 bits per heavy atom. The summed E-state index contributed by atoms with van der Waals surface area (Å²) in [5, 5.41) is 0. The fourth-order valence-corrected chi connectivity index (χ4v) is 4.76. The molecule has 2 aliphatic heterocycles. The molecule has 142 valence electrons. The molecule has 1 saturated heterocycles. The van der Waals surface area contributed by atoms with Gasteiger partial charge in [-0.2, -0.15) is 0 Å². The third-order valence-electron chi connectivity index (χ3n) is 6.51. The van der Waals surface area contributed by atoms with Gasteiger partial charge in [-0.3, -0.25) is 4.90 Å². The summed E-state index contributed by atoms with van der Waals surface area (Å²) in [5.41, 5.74) is 1.31. The molecule has 2 fully saturated rings. The first kappa shape index (κ1) is 17.8. The number of hydrogen-bond donors (Lipinski definition) is 0. The molecular weight excluding hydrogens is 326 g/mol. The van der Waals surface area contributed by atoms with Gasteiger partial charge < -0.3 is 14.4 Å². The number of anilines is 1. The third kappa shape index (κ3) is 4.03. The van der Waals surface area contributed by atoms with Gasteiger partial charge in [0.05, 0.1) is 6.61 Å². The molecular formula is C21H31N3O2. The second-order valence-electron chi connectivity index (χ2n) is 8.13. The van der Waals surface area contributed by atoms with Crippen LogP contribution in [0.25, 0.3) is 0 Å². The van der Waals surface area contributed by atoms with Crippen molar-refractivity contribution in [1.29, 1.82) is 0 Å². The van der Waals surface area contributed by atoms with E-state index in [-0.39, 0.29) is 0 Å². The molecule has 0 unspecified atom stereocenters. The number of pyridine rings is 1. The molecule has 1 saturated carbocycles. The molecule has 5 nitrogen and oxygen atoms in total. The van der Waals surface area contributed by atoms with Crippen LogP contribution in [0.4, 0.5) is 5.82 Å². The fourth-order valence-electron chi connectivity index (χ4n) is 4.76. The monoisotopic (exact) mass is 357 g/mol. The third-order valence-corrected chi connectivity index (χ3v) is 6.51. The van der Waals surface area contributed by atoms with Crippen LogP contribution in [0.5, 0.6) is 5.75 Å². The molecule has 3 heterocycles. The summed E-state index contributed by atoms with van der Waals surface area (Å²) in [6.45, 7) is 6.33. The molecule has 1 aromatic rings. The largest absolute Gasteiger partial charge is 0.489 e. The zero-order chi connectivity index (χ0) is 17.8. The Morgan fingerprint density at radius 2 is 1.88 bits per heavy atom. The van der Waals surface area contributed by atoms with Crippen LogP contribution in [-0.2, 0) is 11.2 Å². The number of ether oxygens (including phenoxy) is 1. The first-order valence-corrected chi connectivity index (χ1v) is 10.3. The van der Waals surface area contributed by atoms with Gasteiger partial charge in [0, 0.05) is 50.8 Å².